The van der Waals surface area contributed by atoms with Crippen LogP contribution in [0.15, 0.2) is 22.7 Å². The number of hydrogen-bond donors (Lipinski definition) is 1. The molecule has 104 valence electrons. The van der Waals surface area contributed by atoms with Crippen LogP contribution in [0.25, 0.3) is 0 Å². The van der Waals surface area contributed by atoms with E-state index in [9.17, 15) is 9.59 Å². The molecular formula is C13H16BrClN2O2. The minimum Gasteiger partial charge on any atom is -0.343 e. The first-order valence-corrected chi connectivity index (χ1v) is 7.17. The number of nitrogens with zero attached hydrogens (tertiary/aromatic N) is 1. The Morgan fingerprint density at radius 3 is 2.47 bits per heavy atom. The molecular weight excluding hydrogens is 332 g/mol. The number of amides is 2. The van der Waals surface area contributed by atoms with E-state index in [1.807, 2.05) is 13.8 Å². The first-order valence-electron chi connectivity index (χ1n) is 6.00. The van der Waals surface area contributed by atoms with Crippen molar-refractivity contribution >= 4 is 39.3 Å². The standard InChI is InChI=1S/C13H16BrClN2O2/c1-3-17(4-2)12(18)8-16-13(19)9-5-6-10(14)11(15)7-9/h5-7H,3-4,8H2,1-2H3,(H,16,19). The van der Waals surface area contributed by atoms with Crippen LogP contribution in [0.5, 0.6) is 0 Å². The van der Waals surface area contributed by atoms with Crippen molar-refractivity contribution in [1.29, 1.82) is 0 Å². The number of nitrogens with one attached hydrogen (secondary N) is 1. The average molecular weight is 348 g/mol. The van der Waals surface area contributed by atoms with Crippen molar-refractivity contribution in [3.63, 3.8) is 0 Å². The van der Waals surface area contributed by atoms with E-state index in [0.717, 1.165) is 4.47 Å². The van der Waals surface area contributed by atoms with E-state index >= 15 is 0 Å². The topological polar surface area (TPSA) is 49.4 Å². The third-order valence-corrected chi connectivity index (χ3v) is 3.93. The van der Waals surface area contributed by atoms with Crippen molar-refractivity contribution in [2.75, 3.05) is 19.6 Å². The molecule has 0 fully saturated rings. The van der Waals surface area contributed by atoms with Gasteiger partial charge in [-0.15, -0.1) is 0 Å². The van der Waals surface area contributed by atoms with Crippen LogP contribution in [-0.2, 0) is 4.79 Å². The first kappa shape index (κ1) is 16.0. The van der Waals surface area contributed by atoms with Gasteiger partial charge in [0, 0.05) is 23.1 Å². The van der Waals surface area contributed by atoms with Gasteiger partial charge in [0.1, 0.15) is 0 Å². The zero-order valence-corrected chi connectivity index (χ0v) is 13.2. The number of benzene rings is 1. The summed E-state index contributed by atoms with van der Waals surface area (Å²) in [5.74, 6) is -0.406. The number of halogens is 2. The van der Waals surface area contributed by atoms with E-state index < -0.39 is 0 Å². The Balaban J connectivity index is 2.60. The minimum absolute atomic E-state index is 0.00576. The van der Waals surface area contributed by atoms with Gasteiger partial charge in [-0.1, -0.05) is 11.6 Å². The molecule has 0 aromatic heterocycles. The summed E-state index contributed by atoms with van der Waals surface area (Å²) in [4.78, 5) is 25.3. The van der Waals surface area contributed by atoms with Crippen molar-refractivity contribution in [2.24, 2.45) is 0 Å². The van der Waals surface area contributed by atoms with E-state index in [1.54, 1.807) is 23.1 Å². The molecule has 19 heavy (non-hydrogen) atoms. The van der Waals surface area contributed by atoms with Crippen LogP contribution in [0.1, 0.15) is 24.2 Å². The number of carbonyl (C=O) groups excluding carboxylic acids is 2. The molecule has 1 aromatic carbocycles. The van der Waals surface area contributed by atoms with Crippen LogP contribution in [0.3, 0.4) is 0 Å². The van der Waals surface area contributed by atoms with Gasteiger partial charge >= 0.3 is 0 Å². The predicted molar refractivity (Wildman–Crippen MR) is 79.4 cm³/mol. The molecule has 0 heterocycles. The number of hydrogen-bond acceptors (Lipinski definition) is 2. The van der Waals surface area contributed by atoms with E-state index in [-0.39, 0.29) is 18.4 Å². The highest BCUT2D eigenvalue weighted by Crippen LogP contribution is 2.23. The maximum atomic E-state index is 11.9. The van der Waals surface area contributed by atoms with Crippen LogP contribution >= 0.6 is 27.5 Å². The van der Waals surface area contributed by atoms with Gasteiger partial charge in [-0.2, -0.15) is 0 Å². The summed E-state index contributed by atoms with van der Waals surface area (Å²) < 4.78 is 0.727. The third kappa shape index (κ3) is 4.51. The smallest absolute Gasteiger partial charge is 0.251 e. The van der Waals surface area contributed by atoms with Crippen LogP contribution < -0.4 is 5.32 Å². The number of rotatable bonds is 5. The van der Waals surface area contributed by atoms with Crippen LogP contribution in [0, 0.1) is 0 Å². The fraction of sp³-hybridized carbons (Fsp3) is 0.385. The monoisotopic (exact) mass is 346 g/mol. The SMILES string of the molecule is CCN(CC)C(=O)CNC(=O)c1ccc(Br)c(Cl)c1. The van der Waals surface area contributed by atoms with Gasteiger partial charge in [0.05, 0.1) is 11.6 Å². The van der Waals surface area contributed by atoms with Crippen LogP contribution in [0.2, 0.25) is 5.02 Å². The number of carbonyl (C=O) groups is 2. The quantitative estimate of drug-likeness (QED) is 0.890. The molecule has 1 N–H and O–H groups in total. The molecule has 1 aromatic rings. The molecule has 0 saturated carbocycles. The van der Waals surface area contributed by atoms with Gasteiger partial charge in [-0.05, 0) is 48.0 Å². The average Bonchev–Trinajstić information content (AvgIpc) is 2.40. The molecule has 1 rings (SSSR count). The Morgan fingerprint density at radius 1 is 1.32 bits per heavy atom. The number of likely N-dealkylation sites (N-methyl/N-ethyl adjacent to an activating group) is 1. The Hall–Kier alpha value is -1.07. The van der Waals surface area contributed by atoms with Crippen molar-refractivity contribution in [3.8, 4) is 0 Å². The van der Waals surface area contributed by atoms with E-state index in [2.05, 4.69) is 21.2 Å². The van der Waals surface area contributed by atoms with Crippen molar-refractivity contribution in [3.05, 3.63) is 33.3 Å². The second-order valence-corrected chi connectivity index (χ2v) is 5.14. The minimum atomic E-state index is -0.310. The zero-order valence-electron chi connectivity index (χ0n) is 10.9. The lowest BCUT2D eigenvalue weighted by molar-refractivity contribution is -0.129. The highest BCUT2D eigenvalue weighted by molar-refractivity contribution is 9.10. The Labute approximate surface area is 126 Å². The van der Waals surface area contributed by atoms with Crippen molar-refractivity contribution in [1.82, 2.24) is 10.2 Å². The summed E-state index contributed by atoms with van der Waals surface area (Å²) in [6.07, 6.45) is 0. The largest absolute Gasteiger partial charge is 0.343 e. The summed E-state index contributed by atoms with van der Waals surface area (Å²) in [6, 6.07) is 4.90. The predicted octanol–water partition coefficient (Wildman–Crippen LogP) is 2.70. The van der Waals surface area contributed by atoms with Gasteiger partial charge in [-0.25, -0.2) is 0 Å². The molecule has 6 heteroatoms. The molecule has 0 bridgehead atoms. The summed E-state index contributed by atoms with van der Waals surface area (Å²) in [5.41, 5.74) is 0.431. The van der Waals surface area contributed by atoms with Gasteiger partial charge in [0.2, 0.25) is 5.91 Å². The van der Waals surface area contributed by atoms with Crippen LogP contribution in [0.4, 0.5) is 0 Å². The van der Waals surface area contributed by atoms with Crippen molar-refractivity contribution in [2.45, 2.75) is 13.8 Å². The summed E-state index contributed by atoms with van der Waals surface area (Å²) >= 11 is 9.17. The zero-order chi connectivity index (χ0) is 14.4. The van der Waals surface area contributed by atoms with Gasteiger partial charge in [-0.3, -0.25) is 9.59 Å². The molecule has 0 aliphatic heterocycles. The molecule has 0 saturated heterocycles. The van der Waals surface area contributed by atoms with E-state index in [0.29, 0.717) is 23.7 Å². The molecule has 0 spiro atoms. The normalized spacial score (nSPS) is 10.1. The maximum absolute atomic E-state index is 11.9. The second kappa shape index (κ2) is 7.50. The van der Waals surface area contributed by atoms with Crippen LogP contribution in [-0.4, -0.2) is 36.3 Å². The molecule has 0 radical (unpaired) electrons. The maximum Gasteiger partial charge on any atom is 0.251 e. The molecule has 2 amide bonds. The highest BCUT2D eigenvalue weighted by Gasteiger charge is 2.12. The first-order chi connectivity index (χ1) is 8.99. The Kier molecular flexibility index (Phi) is 6.31. The van der Waals surface area contributed by atoms with E-state index in [1.165, 1.54) is 0 Å². The van der Waals surface area contributed by atoms with Gasteiger partial charge in [0.25, 0.3) is 5.91 Å². The molecule has 0 aliphatic carbocycles. The molecule has 0 unspecified atom stereocenters. The Morgan fingerprint density at radius 2 is 1.95 bits per heavy atom. The second-order valence-electron chi connectivity index (χ2n) is 3.88. The molecule has 0 aliphatic rings. The third-order valence-electron chi connectivity index (χ3n) is 2.70. The van der Waals surface area contributed by atoms with E-state index in [4.69, 9.17) is 11.6 Å². The highest BCUT2D eigenvalue weighted by atomic mass is 79.9. The summed E-state index contributed by atoms with van der Waals surface area (Å²) in [5, 5.41) is 3.05. The lowest BCUT2D eigenvalue weighted by Gasteiger charge is -2.18. The fourth-order valence-electron chi connectivity index (χ4n) is 1.58. The van der Waals surface area contributed by atoms with Gasteiger partial charge < -0.3 is 10.2 Å². The lowest BCUT2D eigenvalue weighted by atomic mass is 10.2. The fourth-order valence-corrected chi connectivity index (χ4v) is 2.01. The van der Waals surface area contributed by atoms with Gasteiger partial charge in [0.15, 0.2) is 0 Å². The summed E-state index contributed by atoms with van der Waals surface area (Å²) in [7, 11) is 0. The summed E-state index contributed by atoms with van der Waals surface area (Å²) in [6.45, 7) is 5.06. The molecule has 0 atom stereocenters. The lowest BCUT2D eigenvalue weighted by Crippen LogP contribution is -2.39. The van der Waals surface area contributed by atoms with Crippen molar-refractivity contribution < 1.29 is 9.59 Å². The molecule has 4 nitrogen and oxygen atoms in total. The Bertz CT molecular complexity index is 476.